The number of fused-ring (bicyclic) bond motifs is 1. The van der Waals surface area contributed by atoms with Gasteiger partial charge in [0.2, 0.25) is 5.88 Å². The number of rotatable bonds is 4. The van der Waals surface area contributed by atoms with Crippen molar-refractivity contribution < 1.29 is 4.74 Å². The first-order valence-corrected chi connectivity index (χ1v) is 7.70. The third-order valence-corrected chi connectivity index (χ3v) is 5.39. The van der Waals surface area contributed by atoms with Crippen LogP contribution in [0.5, 0.6) is 5.88 Å². The number of hydrogen-bond donors (Lipinski definition) is 0. The highest BCUT2D eigenvalue weighted by molar-refractivity contribution is 9.09. The molecule has 0 saturated heterocycles. The van der Waals surface area contributed by atoms with E-state index in [-0.39, 0.29) is 0 Å². The molecule has 2 aliphatic rings. The number of alkyl halides is 1. The Labute approximate surface area is 116 Å². The monoisotopic (exact) mass is 310 g/mol. The summed E-state index contributed by atoms with van der Waals surface area (Å²) >= 11 is 3.88. The summed E-state index contributed by atoms with van der Waals surface area (Å²) in [6.45, 7) is 0. The molecule has 2 fully saturated rings. The van der Waals surface area contributed by atoms with Crippen LogP contribution in [0.2, 0.25) is 0 Å². The minimum atomic E-state index is 0.560. The van der Waals surface area contributed by atoms with Crippen molar-refractivity contribution in [2.75, 3.05) is 7.11 Å². The molecule has 0 aromatic carbocycles. The maximum atomic E-state index is 5.14. The molecule has 3 atom stereocenters. The third kappa shape index (κ3) is 2.40. The normalized spacial score (nSPS) is 31.6. The number of nitrogens with zero attached hydrogens (tertiary/aromatic N) is 2. The van der Waals surface area contributed by atoms with Crippen LogP contribution in [0.3, 0.4) is 0 Å². The van der Waals surface area contributed by atoms with E-state index in [0.29, 0.717) is 10.7 Å². The minimum absolute atomic E-state index is 0.560. The predicted molar refractivity (Wildman–Crippen MR) is 73.9 cm³/mol. The Morgan fingerprint density at radius 3 is 2.72 bits per heavy atom. The number of hydrogen-bond acceptors (Lipinski definition) is 3. The maximum absolute atomic E-state index is 5.14. The van der Waals surface area contributed by atoms with Gasteiger partial charge in [-0.2, -0.15) is 0 Å². The molecule has 3 nitrogen and oxygen atoms in total. The van der Waals surface area contributed by atoms with E-state index in [9.17, 15) is 0 Å². The van der Waals surface area contributed by atoms with Crippen molar-refractivity contribution in [3.05, 3.63) is 18.1 Å². The summed E-state index contributed by atoms with van der Waals surface area (Å²) < 4.78 is 5.14. The van der Waals surface area contributed by atoms with Crippen molar-refractivity contribution in [1.82, 2.24) is 9.97 Å². The molecule has 0 bridgehead atoms. The zero-order valence-corrected chi connectivity index (χ0v) is 12.3. The number of methoxy groups -OCH3 is 1. The lowest BCUT2D eigenvalue weighted by Gasteiger charge is -2.09. The Bertz CT molecular complexity index is 414. The van der Waals surface area contributed by atoms with E-state index >= 15 is 0 Å². The van der Waals surface area contributed by atoms with Gasteiger partial charge in [0.25, 0.3) is 0 Å². The van der Waals surface area contributed by atoms with E-state index in [0.717, 1.165) is 29.9 Å². The maximum Gasteiger partial charge on any atom is 0.216 e. The second kappa shape index (κ2) is 5.16. The Hall–Kier alpha value is -0.640. The first kappa shape index (κ1) is 12.4. The molecule has 18 heavy (non-hydrogen) atoms. The zero-order valence-electron chi connectivity index (χ0n) is 10.7. The molecule has 0 radical (unpaired) electrons. The first-order valence-electron chi connectivity index (χ1n) is 6.78. The lowest BCUT2D eigenvalue weighted by Crippen LogP contribution is -2.09. The molecule has 0 spiro atoms. The summed E-state index contributed by atoms with van der Waals surface area (Å²) in [5.74, 6) is 3.49. The SMILES string of the molecule is COc1cc(CC(Br)C2C3CCCCC32)ncn1. The van der Waals surface area contributed by atoms with Gasteiger partial charge in [0.1, 0.15) is 6.33 Å². The molecule has 2 aliphatic carbocycles. The van der Waals surface area contributed by atoms with Crippen LogP contribution in [0.25, 0.3) is 0 Å². The van der Waals surface area contributed by atoms with E-state index < -0.39 is 0 Å². The first-order chi connectivity index (χ1) is 8.79. The summed E-state index contributed by atoms with van der Waals surface area (Å²) in [6.07, 6.45) is 8.30. The molecule has 2 saturated carbocycles. The van der Waals surface area contributed by atoms with Crippen molar-refractivity contribution >= 4 is 15.9 Å². The van der Waals surface area contributed by atoms with Crippen molar-refractivity contribution in [3.63, 3.8) is 0 Å². The third-order valence-electron chi connectivity index (χ3n) is 4.45. The molecular weight excluding hydrogens is 292 g/mol. The largest absolute Gasteiger partial charge is 0.481 e. The van der Waals surface area contributed by atoms with Gasteiger partial charge in [-0.1, -0.05) is 28.8 Å². The summed E-state index contributed by atoms with van der Waals surface area (Å²) in [6, 6.07) is 1.94. The van der Waals surface area contributed by atoms with Gasteiger partial charge in [-0.15, -0.1) is 0 Å². The topological polar surface area (TPSA) is 35.0 Å². The average Bonchev–Trinajstić information content (AvgIpc) is 3.13. The molecule has 1 heterocycles. The average molecular weight is 311 g/mol. The lowest BCUT2D eigenvalue weighted by atomic mass is 10.0. The second-order valence-electron chi connectivity index (χ2n) is 5.46. The van der Waals surface area contributed by atoms with Crippen molar-refractivity contribution in [1.29, 1.82) is 0 Å². The van der Waals surface area contributed by atoms with Gasteiger partial charge in [-0.05, 0) is 30.6 Å². The Morgan fingerprint density at radius 1 is 1.33 bits per heavy atom. The highest BCUT2D eigenvalue weighted by atomic mass is 79.9. The molecule has 4 heteroatoms. The highest BCUT2D eigenvalue weighted by Crippen LogP contribution is 2.58. The van der Waals surface area contributed by atoms with Gasteiger partial charge in [-0.3, -0.25) is 0 Å². The van der Waals surface area contributed by atoms with Crippen LogP contribution in [0.4, 0.5) is 0 Å². The lowest BCUT2D eigenvalue weighted by molar-refractivity contribution is 0.395. The summed E-state index contributed by atoms with van der Waals surface area (Å²) in [7, 11) is 1.65. The summed E-state index contributed by atoms with van der Waals surface area (Å²) in [5.41, 5.74) is 1.08. The van der Waals surface area contributed by atoms with Gasteiger partial charge in [0.05, 0.1) is 7.11 Å². The molecule has 0 N–H and O–H groups in total. The molecule has 3 rings (SSSR count). The molecule has 1 aromatic heterocycles. The van der Waals surface area contributed by atoms with Crippen LogP contribution in [0, 0.1) is 17.8 Å². The minimum Gasteiger partial charge on any atom is -0.481 e. The molecule has 3 unspecified atom stereocenters. The van der Waals surface area contributed by atoms with Gasteiger partial charge < -0.3 is 4.74 Å². The predicted octanol–water partition coefficient (Wildman–Crippen LogP) is 3.23. The van der Waals surface area contributed by atoms with Crippen LogP contribution in [-0.2, 0) is 6.42 Å². The standard InChI is InChI=1S/C14H19BrN2O/c1-18-13-7-9(16-8-17-13)6-12(15)14-10-4-2-3-5-11(10)14/h7-8,10-12,14H,2-6H2,1H3. The fourth-order valence-corrected chi connectivity index (χ4v) is 4.64. The van der Waals surface area contributed by atoms with E-state index in [1.807, 2.05) is 6.07 Å². The van der Waals surface area contributed by atoms with Crippen molar-refractivity contribution in [2.45, 2.75) is 36.9 Å². The van der Waals surface area contributed by atoms with E-state index in [4.69, 9.17) is 4.74 Å². The van der Waals surface area contributed by atoms with Crippen LogP contribution >= 0.6 is 15.9 Å². The van der Waals surface area contributed by atoms with Crippen LogP contribution in [0.1, 0.15) is 31.4 Å². The quantitative estimate of drug-likeness (QED) is 0.801. The molecular formula is C14H19BrN2O. The van der Waals surface area contributed by atoms with Gasteiger partial charge in [-0.25, -0.2) is 9.97 Å². The van der Waals surface area contributed by atoms with E-state index in [1.165, 1.54) is 25.7 Å². The Morgan fingerprint density at radius 2 is 2.06 bits per heavy atom. The highest BCUT2D eigenvalue weighted by Gasteiger charge is 2.53. The van der Waals surface area contributed by atoms with Crippen molar-refractivity contribution in [3.8, 4) is 5.88 Å². The van der Waals surface area contributed by atoms with E-state index in [2.05, 4.69) is 25.9 Å². The Balaban J connectivity index is 1.62. The molecule has 0 amide bonds. The zero-order chi connectivity index (χ0) is 12.5. The smallest absolute Gasteiger partial charge is 0.216 e. The van der Waals surface area contributed by atoms with E-state index in [1.54, 1.807) is 13.4 Å². The van der Waals surface area contributed by atoms with Crippen LogP contribution in [-0.4, -0.2) is 21.9 Å². The number of ether oxygens (including phenoxy) is 1. The summed E-state index contributed by atoms with van der Waals surface area (Å²) in [4.78, 5) is 8.94. The van der Waals surface area contributed by atoms with Gasteiger partial charge in [0.15, 0.2) is 0 Å². The van der Waals surface area contributed by atoms with Crippen LogP contribution < -0.4 is 4.74 Å². The fraction of sp³-hybridized carbons (Fsp3) is 0.714. The fourth-order valence-electron chi connectivity index (χ4n) is 3.52. The van der Waals surface area contributed by atoms with Crippen LogP contribution in [0.15, 0.2) is 12.4 Å². The summed E-state index contributed by atoms with van der Waals surface area (Å²) in [5, 5.41) is 0. The second-order valence-corrected chi connectivity index (χ2v) is 6.64. The Kier molecular flexibility index (Phi) is 3.55. The molecule has 1 aromatic rings. The number of halogens is 1. The van der Waals surface area contributed by atoms with Gasteiger partial charge >= 0.3 is 0 Å². The van der Waals surface area contributed by atoms with Gasteiger partial charge in [0, 0.05) is 23.0 Å². The molecule has 98 valence electrons. The number of aromatic nitrogens is 2. The molecule has 0 aliphatic heterocycles. The van der Waals surface area contributed by atoms with Crippen molar-refractivity contribution in [2.24, 2.45) is 17.8 Å².